The summed E-state index contributed by atoms with van der Waals surface area (Å²) < 4.78 is 0. The third kappa shape index (κ3) is 9.29. The Hall–Kier alpha value is 0.984. The van der Waals surface area contributed by atoms with Gasteiger partial charge in [0, 0.05) is 32.7 Å². The van der Waals surface area contributed by atoms with Crippen LogP contribution in [0.3, 0.4) is 0 Å². The Morgan fingerprint density at radius 1 is 1.15 bits per heavy atom. The zero-order valence-electron chi connectivity index (χ0n) is 9.45. The summed E-state index contributed by atoms with van der Waals surface area (Å²) >= 11 is 0. The minimum atomic E-state index is 0. The molecular formula is C9H23N3Y-2. The summed E-state index contributed by atoms with van der Waals surface area (Å²) in [6, 6.07) is 0.654. The first-order valence-corrected chi connectivity index (χ1v) is 4.60. The normalized spacial score (nSPS) is 17.5. The van der Waals surface area contributed by atoms with Crippen molar-refractivity contribution in [2.75, 3.05) is 27.2 Å². The second-order valence-corrected chi connectivity index (χ2v) is 2.79. The first-order chi connectivity index (χ1) is 5.33. The average molecular weight is 262 g/mol. The monoisotopic (exact) mass is 262 g/mol. The summed E-state index contributed by atoms with van der Waals surface area (Å²) in [6.07, 6.45) is 2.51. The molecule has 1 radical (unpaired) electrons. The number of likely N-dealkylation sites (tertiary alicyclic amines) is 1. The molecule has 0 saturated carbocycles. The molecule has 0 aromatic rings. The van der Waals surface area contributed by atoms with E-state index >= 15 is 0 Å². The predicted molar refractivity (Wildman–Crippen MR) is 56.4 cm³/mol. The molecular weight excluding hydrogens is 239 g/mol. The SMILES string of the molecule is CC.C[N-]C1CCN(C)CC1.[NH2-].[Y]. The van der Waals surface area contributed by atoms with Crippen LogP contribution in [0.15, 0.2) is 0 Å². The van der Waals surface area contributed by atoms with Crippen molar-refractivity contribution in [2.45, 2.75) is 32.7 Å². The number of hydrogen-bond acceptors (Lipinski definition) is 1. The Morgan fingerprint density at radius 3 is 1.85 bits per heavy atom. The summed E-state index contributed by atoms with van der Waals surface area (Å²) in [5.74, 6) is 0. The van der Waals surface area contributed by atoms with Gasteiger partial charge in [0.05, 0.1) is 0 Å². The number of rotatable bonds is 1. The molecule has 4 heteroatoms. The first-order valence-electron chi connectivity index (χ1n) is 4.60. The molecule has 13 heavy (non-hydrogen) atoms. The van der Waals surface area contributed by atoms with E-state index in [-0.39, 0.29) is 38.9 Å². The van der Waals surface area contributed by atoms with Crippen molar-refractivity contribution in [1.29, 1.82) is 0 Å². The Kier molecular flexibility index (Phi) is 19.5. The van der Waals surface area contributed by atoms with Gasteiger partial charge in [0.2, 0.25) is 0 Å². The van der Waals surface area contributed by atoms with Gasteiger partial charge in [0.15, 0.2) is 0 Å². The van der Waals surface area contributed by atoms with E-state index in [9.17, 15) is 0 Å². The number of nitrogens with two attached hydrogens (primary N) is 1. The molecule has 1 aliphatic heterocycles. The smallest absolute Gasteiger partial charge is 0 e. The average Bonchev–Trinajstić information content (AvgIpc) is 2.10. The third-order valence-corrected chi connectivity index (χ3v) is 2.05. The maximum Gasteiger partial charge on any atom is 0 e. The molecule has 79 valence electrons. The van der Waals surface area contributed by atoms with Gasteiger partial charge in [-0.2, -0.15) is 7.05 Å². The van der Waals surface area contributed by atoms with Gasteiger partial charge >= 0.3 is 0 Å². The van der Waals surface area contributed by atoms with Crippen molar-refractivity contribution in [3.8, 4) is 0 Å². The maximum atomic E-state index is 4.26. The van der Waals surface area contributed by atoms with E-state index < -0.39 is 0 Å². The van der Waals surface area contributed by atoms with Gasteiger partial charge in [-0.25, -0.2) is 0 Å². The van der Waals surface area contributed by atoms with Gasteiger partial charge in [-0.1, -0.05) is 26.7 Å². The summed E-state index contributed by atoms with van der Waals surface area (Å²) in [4.78, 5) is 2.36. The minimum absolute atomic E-state index is 0. The van der Waals surface area contributed by atoms with Crippen LogP contribution in [0.4, 0.5) is 0 Å². The van der Waals surface area contributed by atoms with Gasteiger partial charge in [-0.05, 0) is 20.1 Å². The topological polar surface area (TPSA) is 50.8 Å². The van der Waals surface area contributed by atoms with Crippen LogP contribution in [-0.2, 0) is 32.7 Å². The van der Waals surface area contributed by atoms with Crippen LogP contribution >= 0.6 is 0 Å². The van der Waals surface area contributed by atoms with Gasteiger partial charge in [0.25, 0.3) is 0 Å². The molecule has 3 nitrogen and oxygen atoms in total. The van der Waals surface area contributed by atoms with E-state index in [1.165, 1.54) is 25.9 Å². The van der Waals surface area contributed by atoms with Crippen molar-refractivity contribution >= 4 is 0 Å². The molecule has 0 unspecified atom stereocenters. The van der Waals surface area contributed by atoms with Crippen molar-refractivity contribution in [1.82, 2.24) is 4.90 Å². The Labute approximate surface area is 108 Å². The molecule has 0 atom stereocenters. The summed E-state index contributed by atoms with van der Waals surface area (Å²) in [7, 11) is 4.10. The molecule has 0 aromatic heterocycles. The van der Waals surface area contributed by atoms with Crippen LogP contribution in [0.25, 0.3) is 11.5 Å². The van der Waals surface area contributed by atoms with E-state index in [1.807, 2.05) is 20.9 Å². The second kappa shape index (κ2) is 13.0. The molecule has 0 aliphatic carbocycles. The summed E-state index contributed by atoms with van der Waals surface area (Å²) in [5, 5.41) is 4.26. The molecule has 0 bridgehead atoms. The molecule has 1 fully saturated rings. The fraction of sp³-hybridized carbons (Fsp3) is 1.00. The predicted octanol–water partition coefficient (Wildman–Crippen LogP) is 2.82. The molecule has 2 N–H and O–H groups in total. The Balaban J connectivity index is -0.000000234. The van der Waals surface area contributed by atoms with Crippen LogP contribution in [0.2, 0.25) is 0 Å². The van der Waals surface area contributed by atoms with E-state index in [4.69, 9.17) is 0 Å². The molecule has 1 rings (SSSR count). The van der Waals surface area contributed by atoms with E-state index in [0.717, 1.165) is 0 Å². The minimum Gasteiger partial charge on any atom is -0.693 e. The van der Waals surface area contributed by atoms with Gasteiger partial charge in [-0.3, -0.25) is 0 Å². The first kappa shape index (κ1) is 19.5. The number of hydrogen-bond donors (Lipinski definition) is 0. The summed E-state index contributed by atoms with van der Waals surface area (Å²) in [5.41, 5.74) is 0. The fourth-order valence-electron chi connectivity index (χ4n) is 1.25. The summed E-state index contributed by atoms with van der Waals surface area (Å²) in [6.45, 7) is 6.45. The van der Waals surface area contributed by atoms with Gasteiger partial charge in [0.1, 0.15) is 0 Å². The van der Waals surface area contributed by atoms with E-state index in [2.05, 4.69) is 17.3 Å². The third-order valence-electron chi connectivity index (χ3n) is 2.05. The fourth-order valence-corrected chi connectivity index (χ4v) is 1.25. The van der Waals surface area contributed by atoms with Crippen LogP contribution in [0.5, 0.6) is 0 Å². The van der Waals surface area contributed by atoms with Crippen molar-refractivity contribution in [2.24, 2.45) is 0 Å². The Bertz CT molecular complexity index is 82.9. The number of nitrogens with zero attached hydrogens (tertiary/aromatic N) is 2. The standard InChI is InChI=1S/C7H15N2.C2H6.H2N.Y/c1-8-7-3-5-9(2)6-4-7;1-2;;/h7H,3-6H2,1-2H3;1-2H3;1H2;/q-1;;-1;. The van der Waals surface area contributed by atoms with E-state index in [1.54, 1.807) is 0 Å². The quantitative estimate of drug-likeness (QED) is 0.716. The largest absolute Gasteiger partial charge is 0.693 e. The molecule has 1 heterocycles. The molecule has 0 spiro atoms. The van der Waals surface area contributed by atoms with E-state index in [0.29, 0.717) is 6.04 Å². The second-order valence-electron chi connectivity index (χ2n) is 2.79. The maximum absolute atomic E-state index is 4.26. The van der Waals surface area contributed by atoms with Crippen molar-refractivity contribution < 1.29 is 32.7 Å². The van der Waals surface area contributed by atoms with Crippen molar-refractivity contribution in [3.05, 3.63) is 11.5 Å². The number of piperidine rings is 1. The molecule has 1 saturated heterocycles. The Morgan fingerprint density at radius 2 is 1.54 bits per heavy atom. The molecule has 1 aliphatic rings. The molecule has 0 aromatic carbocycles. The van der Waals surface area contributed by atoms with Crippen LogP contribution in [0, 0.1) is 0 Å². The van der Waals surface area contributed by atoms with Crippen molar-refractivity contribution in [3.63, 3.8) is 0 Å². The molecule has 0 amide bonds. The zero-order valence-corrected chi connectivity index (χ0v) is 12.3. The van der Waals surface area contributed by atoms with Crippen LogP contribution in [0.1, 0.15) is 26.7 Å². The van der Waals surface area contributed by atoms with Gasteiger partial charge in [-0.15, -0.1) is 6.04 Å². The zero-order chi connectivity index (χ0) is 8.69. The van der Waals surface area contributed by atoms with Crippen LogP contribution in [-0.4, -0.2) is 38.1 Å². The van der Waals surface area contributed by atoms with Crippen LogP contribution < -0.4 is 0 Å². The van der Waals surface area contributed by atoms with Gasteiger partial charge < -0.3 is 16.4 Å².